The standard InChI is InChI=1S/C15H17BrN4O/c1-10-7-14(19(2)18-10)17-15(21)9-20-6-5-11-8-12(16)3-4-13(11)20/h3-4,7-8H,5-6,9H2,1-2H3,(H,17,21). The van der Waals surface area contributed by atoms with Crippen LogP contribution in [-0.4, -0.2) is 28.8 Å². The van der Waals surface area contributed by atoms with Crippen LogP contribution in [0.2, 0.25) is 0 Å². The van der Waals surface area contributed by atoms with Crippen molar-refractivity contribution in [2.45, 2.75) is 13.3 Å². The van der Waals surface area contributed by atoms with Gasteiger partial charge < -0.3 is 10.2 Å². The molecule has 2 heterocycles. The molecule has 1 aromatic heterocycles. The van der Waals surface area contributed by atoms with Crippen LogP contribution in [0.4, 0.5) is 11.5 Å². The van der Waals surface area contributed by atoms with E-state index >= 15 is 0 Å². The monoisotopic (exact) mass is 348 g/mol. The first-order chi connectivity index (χ1) is 10.0. The third kappa shape index (κ3) is 2.95. The van der Waals surface area contributed by atoms with Gasteiger partial charge in [0.1, 0.15) is 5.82 Å². The number of nitrogens with zero attached hydrogens (tertiary/aromatic N) is 3. The van der Waals surface area contributed by atoms with Gasteiger partial charge in [0.15, 0.2) is 0 Å². The third-order valence-corrected chi connectivity index (χ3v) is 4.13. The highest BCUT2D eigenvalue weighted by Gasteiger charge is 2.21. The third-order valence-electron chi connectivity index (χ3n) is 3.64. The van der Waals surface area contributed by atoms with Crippen molar-refractivity contribution in [2.24, 2.45) is 7.05 Å². The SMILES string of the molecule is Cc1cc(NC(=O)CN2CCc3cc(Br)ccc32)n(C)n1. The van der Waals surface area contributed by atoms with E-state index in [1.165, 1.54) is 5.56 Å². The molecule has 1 N–H and O–H groups in total. The van der Waals surface area contributed by atoms with Crippen molar-refractivity contribution in [1.82, 2.24) is 9.78 Å². The molecule has 5 nitrogen and oxygen atoms in total. The van der Waals surface area contributed by atoms with E-state index < -0.39 is 0 Å². The predicted octanol–water partition coefficient (Wildman–Crippen LogP) is 2.49. The van der Waals surface area contributed by atoms with Gasteiger partial charge in [-0.25, -0.2) is 0 Å². The van der Waals surface area contributed by atoms with E-state index in [4.69, 9.17) is 0 Å². The average molecular weight is 349 g/mol. The number of carbonyl (C=O) groups excluding carboxylic acids is 1. The molecule has 0 spiro atoms. The van der Waals surface area contributed by atoms with Crippen molar-refractivity contribution in [3.8, 4) is 0 Å². The smallest absolute Gasteiger partial charge is 0.245 e. The number of rotatable bonds is 3. The topological polar surface area (TPSA) is 50.2 Å². The molecular weight excluding hydrogens is 332 g/mol. The Morgan fingerprint density at radius 3 is 2.95 bits per heavy atom. The fourth-order valence-electron chi connectivity index (χ4n) is 2.69. The van der Waals surface area contributed by atoms with Crippen LogP contribution in [0.1, 0.15) is 11.3 Å². The molecule has 0 saturated heterocycles. The minimum absolute atomic E-state index is 0.0197. The van der Waals surface area contributed by atoms with Gasteiger partial charge in [-0.3, -0.25) is 9.48 Å². The Labute approximate surface area is 132 Å². The minimum atomic E-state index is -0.0197. The van der Waals surface area contributed by atoms with Crippen LogP contribution in [-0.2, 0) is 18.3 Å². The zero-order valence-electron chi connectivity index (χ0n) is 12.1. The molecule has 0 atom stereocenters. The summed E-state index contributed by atoms with van der Waals surface area (Å²) in [6, 6.07) is 8.07. The summed E-state index contributed by atoms with van der Waals surface area (Å²) in [6.45, 7) is 3.15. The second kappa shape index (κ2) is 5.52. The van der Waals surface area contributed by atoms with E-state index in [9.17, 15) is 4.79 Å². The molecule has 0 bridgehead atoms. The molecule has 1 aromatic carbocycles. The van der Waals surface area contributed by atoms with Crippen molar-refractivity contribution in [1.29, 1.82) is 0 Å². The van der Waals surface area contributed by atoms with E-state index in [0.717, 1.165) is 34.6 Å². The predicted molar refractivity (Wildman–Crippen MR) is 86.6 cm³/mol. The molecule has 0 fully saturated rings. The van der Waals surface area contributed by atoms with Crippen LogP contribution in [0.3, 0.4) is 0 Å². The quantitative estimate of drug-likeness (QED) is 0.926. The van der Waals surface area contributed by atoms with Gasteiger partial charge in [-0.1, -0.05) is 15.9 Å². The number of hydrogen-bond donors (Lipinski definition) is 1. The van der Waals surface area contributed by atoms with Crippen LogP contribution >= 0.6 is 15.9 Å². The van der Waals surface area contributed by atoms with E-state index in [2.05, 4.69) is 43.4 Å². The summed E-state index contributed by atoms with van der Waals surface area (Å²) in [5.74, 6) is 0.710. The van der Waals surface area contributed by atoms with Gasteiger partial charge >= 0.3 is 0 Å². The van der Waals surface area contributed by atoms with Gasteiger partial charge in [0.05, 0.1) is 12.2 Å². The van der Waals surface area contributed by atoms with E-state index in [-0.39, 0.29) is 5.91 Å². The number of nitrogens with one attached hydrogen (secondary N) is 1. The first-order valence-electron chi connectivity index (χ1n) is 6.87. The van der Waals surface area contributed by atoms with Gasteiger partial charge in [-0.05, 0) is 37.1 Å². The van der Waals surface area contributed by atoms with Crippen LogP contribution in [0.15, 0.2) is 28.7 Å². The molecule has 2 aromatic rings. The number of hydrogen-bond acceptors (Lipinski definition) is 3. The Morgan fingerprint density at radius 2 is 2.24 bits per heavy atom. The number of aryl methyl sites for hydroxylation is 2. The molecule has 21 heavy (non-hydrogen) atoms. The lowest BCUT2D eigenvalue weighted by molar-refractivity contribution is -0.115. The summed E-state index contributed by atoms with van der Waals surface area (Å²) < 4.78 is 2.76. The molecule has 6 heteroatoms. The second-order valence-electron chi connectivity index (χ2n) is 5.29. The highest BCUT2D eigenvalue weighted by atomic mass is 79.9. The molecule has 1 amide bonds. The molecule has 0 unspecified atom stereocenters. The Bertz CT molecular complexity index is 695. The average Bonchev–Trinajstić information content (AvgIpc) is 2.93. The summed E-state index contributed by atoms with van der Waals surface area (Å²) >= 11 is 3.48. The number of carbonyl (C=O) groups is 1. The highest BCUT2D eigenvalue weighted by molar-refractivity contribution is 9.10. The molecule has 3 rings (SSSR count). The zero-order chi connectivity index (χ0) is 15.0. The Morgan fingerprint density at radius 1 is 1.43 bits per heavy atom. The molecule has 0 saturated carbocycles. The number of anilines is 2. The normalized spacial score (nSPS) is 13.4. The van der Waals surface area contributed by atoms with Crippen molar-refractivity contribution in [2.75, 3.05) is 23.3 Å². The van der Waals surface area contributed by atoms with Crippen molar-refractivity contribution in [3.05, 3.63) is 40.0 Å². The van der Waals surface area contributed by atoms with E-state index in [1.54, 1.807) is 4.68 Å². The van der Waals surface area contributed by atoms with Crippen LogP contribution in [0.25, 0.3) is 0 Å². The Balaban J connectivity index is 1.68. The number of halogens is 1. The van der Waals surface area contributed by atoms with Crippen molar-refractivity contribution in [3.63, 3.8) is 0 Å². The van der Waals surface area contributed by atoms with E-state index in [0.29, 0.717) is 6.54 Å². The van der Waals surface area contributed by atoms with Gasteiger partial charge in [-0.2, -0.15) is 5.10 Å². The maximum absolute atomic E-state index is 12.2. The Hall–Kier alpha value is -1.82. The molecule has 1 aliphatic rings. The van der Waals surface area contributed by atoms with Gasteiger partial charge in [-0.15, -0.1) is 0 Å². The first-order valence-corrected chi connectivity index (χ1v) is 7.66. The second-order valence-corrected chi connectivity index (χ2v) is 6.20. The molecule has 0 radical (unpaired) electrons. The molecule has 110 valence electrons. The fourth-order valence-corrected chi connectivity index (χ4v) is 3.09. The van der Waals surface area contributed by atoms with Crippen LogP contribution < -0.4 is 10.2 Å². The summed E-state index contributed by atoms with van der Waals surface area (Å²) in [7, 11) is 1.82. The summed E-state index contributed by atoms with van der Waals surface area (Å²) in [5.41, 5.74) is 3.33. The lowest BCUT2D eigenvalue weighted by Gasteiger charge is -2.18. The van der Waals surface area contributed by atoms with Gasteiger partial charge in [0.25, 0.3) is 0 Å². The summed E-state index contributed by atoms with van der Waals surface area (Å²) in [5, 5.41) is 7.14. The van der Waals surface area contributed by atoms with Gasteiger partial charge in [0.2, 0.25) is 5.91 Å². The first kappa shape index (κ1) is 14.1. The van der Waals surface area contributed by atoms with E-state index in [1.807, 2.05) is 26.1 Å². The summed E-state index contributed by atoms with van der Waals surface area (Å²) in [6.07, 6.45) is 0.979. The maximum Gasteiger partial charge on any atom is 0.245 e. The highest BCUT2D eigenvalue weighted by Crippen LogP contribution is 2.30. The van der Waals surface area contributed by atoms with Crippen LogP contribution in [0.5, 0.6) is 0 Å². The molecular formula is C15H17BrN4O. The number of benzene rings is 1. The molecule has 0 aliphatic carbocycles. The van der Waals surface area contributed by atoms with Crippen LogP contribution in [0, 0.1) is 6.92 Å². The summed E-state index contributed by atoms with van der Waals surface area (Å²) in [4.78, 5) is 14.3. The van der Waals surface area contributed by atoms with Crippen molar-refractivity contribution >= 4 is 33.3 Å². The number of amides is 1. The fraction of sp³-hybridized carbons (Fsp3) is 0.333. The van der Waals surface area contributed by atoms with Crippen molar-refractivity contribution < 1.29 is 4.79 Å². The lowest BCUT2D eigenvalue weighted by atomic mass is 10.2. The number of aromatic nitrogens is 2. The zero-order valence-corrected chi connectivity index (χ0v) is 13.6. The maximum atomic E-state index is 12.2. The lowest BCUT2D eigenvalue weighted by Crippen LogP contribution is -2.32. The largest absolute Gasteiger partial charge is 0.362 e. The number of fused-ring (bicyclic) bond motifs is 1. The minimum Gasteiger partial charge on any atom is -0.362 e. The molecule has 1 aliphatic heterocycles. The Kier molecular flexibility index (Phi) is 3.71. The van der Waals surface area contributed by atoms with Gasteiger partial charge in [0, 0.05) is 29.8 Å².